The first-order valence-electron chi connectivity index (χ1n) is 6.88. The Balaban J connectivity index is 2.09. The molecule has 1 heteroatoms. The van der Waals surface area contributed by atoms with Crippen LogP contribution < -0.4 is 0 Å². The predicted octanol–water partition coefficient (Wildman–Crippen LogP) is 5.31. The Bertz CT molecular complexity index is 356. The van der Waals surface area contributed by atoms with Crippen molar-refractivity contribution in [1.29, 1.82) is 0 Å². The van der Waals surface area contributed by atoms with Crippen LogP contribution in [0.4, 0.5) is 0 Å². The molecule has 0 aromatic heterocycles. The van der Waals surface area contributed by atoms with Crippen molar-refractivity contribution < 1.29 is 0 Å². The van der Waals surface area contributed by atoms with Crippen molar-refractivity contribution in [2.75, 3.05) is 0 Å². The highest BCUT2D eigenvalue weighted by molar-refractivity contribution is 9.09. The molecule has 1 fully saturated rings. The van der Waals surface area contributed by atoms with Crippen LogP contribution in [0.3, 0.4) is 0 Å². The lowest BCUT2D eigenvalue weighted by Crippen LogP contribution is -2.13. The van der Waals surface area contributed by atoms with Gasteiger partial charge in [-0.05, 0) is 48.6 Å². The molecule has 0 radical (unpaired) electrons. The molecule has 2 rings (SSSR count). The highest BCUT2D eigenvalue weighted by Gasteiger charge is 2.21. The van der Waals surface area contributed by atoms with Crippen LogP contribution in [0.2, 0.25) is 0 Å². The van der Waals surface area contributed by atoms with Gasteiger partial charge in [-0.15, -0.1) is 0 Å². The Morgan fingerprint density at radius 3 is 2.82 bits per heavy atom. The van der Waals surface area contributed by atoms with Crippen LogP contribution in [0.1, 0.15) is 56.6 Å². The minimum absolute atomic E-state index is 0.731. The smallest absolute Gasteiger partial charge is 0.0151 e. The number of alkyl halides is 1. The quantitative estimate of drug-likeness (QED) is 0.663. The lowest BCUT2D eigenvalue weighted by molar-refractivity contribution is 0.458. The molecule has 2 unspecified atom stereocenters. The maximum absolute atomic E-state index is 3.78. The summed E-state index contributed by atoms with van der Waals surface area (Å²) in [6.07, 6.45) is 6.61. The second-order valence-electron chi connectivity index (χ2n) is 5.80. The van der Waals surface area contributed by atoms with Crippen LogP contribution in [0.5, 0.6) is 0 Å². The first-order chi connectivity index (χ1) is 8.15. The van der Waals surface area contributed by atoms with Gasteiger partial charge in [0.2, 0.25) is 0 Å². The van der Waals surface area contributed by atoms with Crippen molar-refractivity contribution in [1.82, 2.24) is 0 Å². The highest BCUT2D eigenvalue weighted by Crippen LogP contribution is 2.36. The highest BCUT2D eigenvalue weighted by atomic mass is 79.9. The van der Waals surface area contributed by atoms with E-state index >= 15 is 0 Å². The van der Waals surface area contributed by atoms with Crippen LogP contribution >= 0.6 is 15.9 Å². The summed E-state index contributed by atoms with van der Waals surface area (Å²) in [6.45, 7) is 4.59. The Morgan fingerprint density at radius 1 is 1.29 bits per heavy atom. The molecule has 94 valence electrons. The Labute approximate surface area is 114 Å². The van der Waals surface area contributed by atoms with E-state index in [1.807, 2.05) is 0 Å². The SMILES string of the molecule is CC(C)Cc1cccc(C2CCCC(Br)C2)c1. The van der Waals surface area contributed by atoms with Crippen LogP contribution in [-0.2, 0) is 6.42 Å². The molecular formula is C16H23Br. The van der Waals surface area contributed by atoms with Crippen LogP contribution in [0, 0.1) is 5.92 Å². The molecule has 0 spiro atoms. The standard InChI is InChI=1S/C16H23Br/c1-12(2)9-13-5-3-6-14(10-13)15-7-4-8-16(17)11-15/h3,5-6,10,12,15-16H,4,7-9,11H2,1-2H3. The monoisotopic (exact) mass is 294 g/mol. The molecule has 0 nitrogen and oxygen atoms in total. The number of hydrogen-bond acceptors (Lipinski definition) is 0. The summed E-state index contributed by atoms with van der Waals surface area (Å²) in [5.41, 5.74) is 3.07. The molecule has 1 aliphatic carbocycles. The zero-order valence-electron chi connectivity index (χ0n) is 11.0. The van der Waals surface area contributed by atoms with E-state index in [0.717, 1.165) is 16.7 Å². The summed E-state index contributed by atoms with van der Waals surface area (Å²) in [5, 5.41) is 0. The zero-order valence-corrected chi connectivity index (χ0v) is 12.5. The summed E-state index contributed by atoms with van der Waals surface area (Å²) >= 11 is 3.78. The fourth-order valence-corrected chi connectivity index (χ4v) is 3.65. The van der Waals surface area contributed by atoms with E-state index in [0.29, 0.717) is 0 Å². The van der Waals surface area contributed by atoms with E-state index in [1.54, 1.807) is 5.56 Å². The van der Waals surface area contributed by atoms with E-state index in [2.05, 4.69) is 54.0 Å². The van der Waals surface area contributed by atoms with Gasteiger partial charge in [0.15, 0.2) is 0 Å². The Morgan fingerprint density at radius 2 is 2.12 bits per heavy atom. The summed E-state index contributed by atoms with van der Waals surface area (Å²) in [6, 6.07) is 9.28. The molecule has 1 aromatic rings. The fourth-order valence-electron chi connectivity index (χ4n) is 2.88. The number of hydrogen-bond donors (Lipinski definition) is 0. The van der Waals surface area contributed by atoms with Gasteiger partial charge in [0, 0.05) is 4.83 Å². The molecular weight excluding hydrogens is 272 g/mol. The molecule has 17 heavy (non-hydrogen) atoms. The first kappa shape index (κ1) is 13.1. The molecule has 0 saturated heterocycles. The summed E-state index contributed by atoms with van der Waals surface area (Å²) < 4.78 is 0. The lowest BCUT2D eigenvalue weighted by atomic mass is 9.83. The third-order valence-corrected chi connectivity index (χ3v) is 4.51. The van der Waals surface area contributed by atoms with Gasteiger partial charge in [-0.25, -0.2) is 0 Å². The fraction of sp³-hybridized carbons (Fsp3) is 0.625. The Hall–Kier alpha value is -0.300. The van der Waals surface area contributed by atoms with Gasteiger partial charge in [0.05, 0.1) is 0 Å². The maximum atomic E-state index is 3.78. The third kappa shape index (κ3) is 3.84. The molecule has 1 aromatic carbocycles. The van der Waals surface area contributed by atoms with Crippen LogP contribution in [0.25, 0.3) is 0 Å². The normalized spacial score (nSPS) is 25.2. The first-order valence-corrected chi connectivity index (χ1v) is 7.79. The molecule has 0 heterocycles. The topological polar surface area (TPSA) is 0 Å². The molecule has 2 atom stereocenters. The van der Waals surface area contributed by atoms with Crippen molar-refractivity contribution in [3.8, 4) is 0 Å². The second kappa shape index (κ2) is 6.04. The van der Waals surface area contributed by atoms with Gasteiger partial charge in [-0.3, -0.25) is 0 Å². The summed E-state index contributed by atoms with van der Waals surface area (Å²) in [4.78, 5) is 0.731. The van der Waals surface area contributed by atoms with Crippen LogP contribution in [-0.4, -0.2) is 4.83 Å². The molecule has 0 amide bonds. The van der Waals surface area contributed by atoms with Crippen molar-refractivity contribution in [2.24, 2.45) is 5.92 Å². The molecule has 0 N–H and O–H groups in total. The van der Waals surface area contributed by atoms with Gasteiger partial charge in [-0.2, -0.15) is 0 Å². The molecule has 0 aliphatic heterocycles. The van der Waals surface area contributed by atoms with Crippen molar-refractivity contribution in [3.05, 3.63) is 35.4 Å². The van der Waals surface area contributed by atoms with Gasteiger partial charge in [-0.1, -0.05) is 60.5 Å². The second-order valence-corrected chi connectivity index (χ2v) is 7.10. The summed E-state index contributed by atoms with van der Waals surface area (Å²) in [7, 11) is 0. The average molecular weight is 295 g/mol. The van der Waals surface area contributed by atoms with Crippen molar-refractivity contribution in [3.63, 3.8) is 0 Å². The van der Waals surface area contributed by atoms with E-state index < -0.39 is 0 Å². The van der Waals surface area contributed by atoms with Crippen LogP contribution in [0.15, 0.2) is 24.3 Å². The molecule has 1 aliphatic rings. The minimum Gasteiger partial charge on any atom is -0.0890 e. The molecule has 0 bridgehead atoms. The van der Waals surface area contributed by atoms with Gasteiger partial charge >= 0.3 is 0 Å². The van der Waals surface area contributed by atoms with E-state index in [9.17, 15) is 0 Å². The predicted molar refractivity (Wildman–Crippen MR) is 78.9 cm³/mol. The van der Waals surface area contributed by atoms with Gasteiger partial charge < -0.3 is 0 Å². The largest absolute Gasteiger partial charge is 0.0890 e. The zero-order chi connectivity index (χ0) is 12.3. The van der Waals surface area contributed by atoms with Crippen molar-refractivity contribution >= 4 is 15.9 Å². The van der Waals surface area contributed by atoms with E-state index in [1.165, 1.54) is 37.7 Å². The minimum atomic E-state index is 0.731. The average Bonchev–Trinajstić information content (AvgIpc) is 2.28. The third-order valence-electron chi connectivity index (χ3n) is 3.68. The Kier molecular flexibility index (Phi) is 4.67. The summed E-state index contributed by atoms with van der Waals surface area (Å²) in [5.74, 6) is 1.53. The van der Waals surface area contributed by atoms with E-state index in [-0.39, 0.29) is 0 Å². The van der Waals surface area contributed by atoms with E-state index in [4.69, 9.17) is 0 Å². The van der Waals surface area contributed by atoms with Crippen molar-refractivity contribution in [2.45, 2.75) is 56.7 Å². The van der Waals surface area contributed by atoms with Gasteiger partial charge in [0.1, 0.15) is 0 Å². The maximum Gasteiger partial charge on any atom is 0.0151 e. The number of halogens is 1. The molecule has 1 saturated carbocycles. The lowest BCUT2D eigenvalue weighted by Gasteiger charge is -2.26. The van der Waals surface area contributed by atoms with Gasteiger partial charge in [0.25, 0.3) is 0 Å². The number of benzene rings is 1. The number of rotatable bonds is 3.